The van der Waals surface area contributed by atoms with E-state index in [0.29, 0.717) is 17.0 Å². The van der Waals surface area contributed by atoms with E-state index in [-0.39, 0.29) is 5.75 Å². The molecule has 0 saturated carbocycles. The van der Waals surface area contributed by atoms with Gasteiger partial charge in [-0.2, -0.15) is 0 Å². The smallest absolute Gasteiger partial charge is 0.249 e. The van der Waals surface area contributed by atoms with E-state index in [1.54, 1.807) is 30.5 Å². The number of nitrogens with two attached hydrogens (primary N) is 1. The van der Waals surface area contributed by atoms with Crippen LogP contribution in [-0.2, 0) is 4.79 Å². The zero-order valence-electron chi connectivity index (χ0n) is 14.9. The summed E-state index contributed by atoms with van der Waals surface area (Å²) in [6, 6.07) is 19.9. The Labute approximate surface area is 161 Å². The molecule has 0 spiro atoms. The normalized spacial score (nSPS) is 11.5. The van der Waals surface area contributed by atoms with Gasteiger partial charge in [-0.25, -0.2) is 4.98 Å². The number of hydrogen-bond acceptors (Lipinski definition) is 4. The summed E-state index contributed by atoms with van der Waals surface area (Å²) in [4.78, 5) is 19.6. The predicted molar refractivity (Wildman–Crippen MR) is 111 cm³/mol. The second-order valence-corrected chi connectivity index (χ2v) is 6.30. The standard InChI is InChI=1S/C22H18N4O2/c23-21(28)19(14-5-2-1-3-6-14)11-15-13-24-22-18(15)9-10-20(26-22)25-16-7-4-8-17(27)12-16/h1-13,27H,(H2,23,28)(H2,24,25,26). The molecule has 28 heavy (non-hydrogen) atoms. The number of pyridine rings is 1. The molecule has 2 aromatic carbocycles. The van der Waals surface area contributed by atoms with Crippen LogP contribution in [0.25, 0.3) is 22.7 Å². The Kier molecular flexibility index (Phi) is 4.51. The molecule has 2 aromatic heterocycles. The minimum Gasteiger partial charge on any atom is -0.508 e. The molecule has 0 aliphatic carbocycles. The van der Waals surface area contributed by atoms with Crippen molar-refractivity contribution >= 4 is 40.1 Å². The third kappa shape index (κ3) is 3.57. The van der Waals surface area contributed by atoms with Gasteiger partial charge in [0.2, 0.25) is 5.91 Å². The fraction of sp³-hybridized carbons (Fsp3) is 0. The number of amides is 1. The Morgan fingerprint density at radius 3 is 2.64 bits per heavy atom. The zero-order valence-corrected chi connectivity index (χ0v) is 14.9. The number of anilines is 2. The number of hydrogen-bond donors (Lipinski definition) is 4. The number of phenols is 1. The molecule has 4 aromatic rings. The number of benzene rings is 2. The van der Waals surface area contributed by atoms with Crippen molar-refractivity contribution in [3.05, 3.63) is 84.1 Å². The van der Waals surface area contributed by atoms with Gasteiger partial charge in [-0.3, -0.25) is 4.79 Å². The molecule has 0 unspecified atom stereocenters. The van der Waals surface area contributed by atoms with E-state index in [4.69, 9.17) is 5.73 Å². The monoisotopic (exact) mass is 370 g/mol. The van der Waals surface area contributed by atoms with Crippen LogP contribution >= 0.6 is 0 Å². The lowest BCUT2D eigenvalue weighted by molar-refractivity contribution is -0.112. The number of phenolic OH excluding ortho intramolecular Hbond substituents is 1. The number of aromatic hydroxyl groups is 1. The highest BCUT2D eigenvalue weighted by Crippen LogP contribution is 2.26. The first-order valence-corrected chi connectivity index (χ1v) is 8.71. The Bertz CT molecular complexity index is 1180. The van der Waals surface area contributed by atoms with Crippen molar-refractivity contribution in [3.63, 3.8) is 0 Å². The molecular weight excluding hydrogens is 352 g/mol. The van der Waals surface area contributed by atoms with Crippen LogP contribution in [0.1, 0.15) is 11.1 Å². The fourth-order valence-electron chi connectivity index (χ4n) is 3.02. The third-order valence-corrected chi connectivity index (χ3v) is 4.34. The molecule has 6 nitrogen and oxygen atoms in total. The highest BCUT2D eigenvalue weighted by molar-refractivity contribution is 6.24. The highest BCUT2D eigenvalue weighted by atomic mass is 16.3. The van der Waals surface area contributed by atoms with Gasteiger partial charge < -0.3 is 21.1 Å². The lowest BCUT2D eigenvalue weighted by Crippen LogP contribution is -2.12. The molecule has 0 saturated heterocycles. The van der Waals surface area contributed by atoms with Gasteiger partial charge in [-0.1, -0.05) is 36.4 Å². The number of carbonyl (C=O) groups is 1. The van der Waals surface area contributed by atoms with Crippen molar-refractivity contribution in [1.29, 1.82) is 0 Å². The molecular formula is C22H18N4O2. The van der Waals surface area contributed by atoms with E-state index in [9.17, 15) is 9.90 Å². The molecule has 4 rings (SSSR count). The third-order valence-electron chi connectivity index (χ3n) is 4.34. The first-order valence-electron chi connectivity index (χ1n) is 8.71. The molecule has 138 valence electrons. The summed E-state index contributed by atoms with van der Waals surface area (Å²) in [5.41, 5.74) is 9.02. The molecule has 0 bridgehead atoms. The second kappa shape index (κ2) is 7.28. The summed E-state index contributed by atoms with van der Waals surface area (Å²) in [7, 11) is 0. The van der Waals surface area contributed by atoms with Crippen molar-refractivity contribution < 1.29 is 9.90 Å². The maximum atomic E-state index is 11.9. The molecule has 0 radical (unpaired) electrons. The molecule has 2 heterocycles. The van der Waals surface area contributed by atoms with Crippen LogP contribution in [0, 0.1) is 0 Å². The molecule has 5 N–H and O–H groups in total. The van der Waals surface area contributed by atoms with Crippen molar-refractivity contribution in [1.82, 2.24) is 9.97 Å². The van der Waals surface area contributed by atoms with E-state index in [1.807, 2.05) is 48.5 Å². The van der Waals surface area contributed by atoms with Gasteiger partial charge in [-0.15, -0.1) is 0 Å². The summed E-state index contributed by atoms with van der Waals surface area (Å²) in [5, 5.41) is 13.6. The van der Waals surface area contributed by atoms with E-state index in [2.05, 4.69) is 15.3 Å². The van der Waals surface area contributed by atoms with Crippen molar-refractivity contribution in [2.45, 2.75) is 0 Å². The molecule has 6 heteroatoms. The average Bonchev–Trinajstić information content (AvgIpc) is 3.08. The number of aromatic nitrogens is 2. The van der Waals surface area contributed by atoms with E-state index in [1.165, 1.54) is 0 Å². The molecule has 0 fully saturated rings. The number of aromatic amines is 1. The summed E-state index contributed by atoms with van der Waals surface area (Å²) in [6.45, 7) is 0. The van der Waals surface area contributed by atoms with Gasteiger partial charge in [0.15, 0.2) is 0 Å². The number of primary amides is 1. The summed E-state index contributed by atoms with van der Waals surface area (Å²) < 4.78 is 0. The van der Waals surface area contributed by atoms with Crippen LogP contribution < -0.4 is 11.1 Å². The SMILES string of the molecule is NC(=O)C(=Cc1c[nH]c2nc(Nc3cccc(O)c3)ccc12)c1ccccc1. The van der Waals surface area contributed by atoms with E-state index < -0.39 is 5.91 Å². The fourth-order valence-corrected chi connectivity index (χ4v) is 3.02. The van der Waals surface area contributed by atoms with E-state index >= 15 is 0 Å². The Morgan fingerprint density at radius 2 is 1.89 bits per heavy atom. The number of carbonyl (C=O) groups excluding carboxylic acids is 1. The van der Waals surface area contributed by atoms with Gasteiger partial charge in [0.1, 0.15) is 17.2 Å². The van der Waals surface area contributed by atoms with Crippen LogP contribution in [0.15, 0.2) is 72.9 Å². The summed E-state index contributed by atoms with van der Waals surface area (Å²) >= 11 is 0. The molecule has 0 aliphatic heterocycles. The van der Waals surface area contributed by atoms with Crippen LogP contribution in [0.2, 0.25) is 0 Å². The number of H-pyrrole nitrogens is 1. The number of nitrogens with zero attached hydrogens (tertiary/aromatic N) is 1. The topological polar surface area (TPSA) is 104 Å². The van der Waals surface area contributed by atoms with Crippen LogP contribution in [0.3, 0.4) is 0 Å². The Balaban J connectivity index is 1.69. The van der Waals surface area contributed by atoms with Crippen molar-refractivity contribution in [2.24, 2.45) is 5.73 Å². The minimum atomic E-state index is -0.490. The van der Waals surface area contributed by atoms with Gasteiger partial charge >= 0.3 is 0 Å². The van der Waals surface area contributed by atoms with Gasteiger partial charge in [-0.05, 0) is 35.9 Å². The second-order valence-electron chi connectivity index (χ2n) is 6.30. The maximum absolute atomic E-state index is 11.9. The Hall–Kier alpha value is -4.06. The predicted octanol–water partition coefficient (Wildman–Crippen LogP) is 4.04. The first kappa shape index (κ1) is 17.4. The van der Waals surface area contributed by atoms with Crippen molar-refractivity contribution in [2.75, 3.05) is 5.32 Å². The molecule has 1 amide bonds. The van der Waals surface area contributed by atoms with Gasteiger partial charge in [0, 0.05) is 34.5 Å². The lowest BCUT2D eigenvalue weighted by Gasteiger charge is -2.06. The number of rotatable bonds is 5. The molecule has 0 atom stereocenters. The number of fused-ring (bicyclic) bond motifs is 1. The quantitative estimate of drug-likeness (QED) is 0.398. The van der Waals surface area contributed by atoms with Crippen LogP contribution in [0.4, 0.5) is 11.5 Å². The zero-order chi connectivity index (χ0) is 19.5. The van der Waals surface area contributed by atoms with Crippen LogP contribution in [0.5, 0.6) is 5.75 Å². The largest absolute Gasteiger partial charge is 0.508 e. The average molecular weight is 370 g/mol. The van der Waals surface area contributed by atoms with Crippen LogP contribution in [-0.4, -0.2) is 21.0 Å². The minimum absolute atomic E-state index is 0.179. The molecule has 0 aliphatic rings. The van der Waals surface area contributed by atoms with Gasteiger partial charge in [0.25, 0.3) is 0 Å². The van der Waals surface area contributed by atoms with Gasteiger partial charge in [0.05, 0.1) is 0 Å². The van der Waals surface area contributed by atoms with E-state index in [0.717, 1.165) is 22.2 Å². The first-order chi connectivity index (χ1) is 13.6. The Morgan fingerprint density at radius 1 is 1.07 bits per heavy atom. The lowest BCUT2D eigenvalue weighted by atomic mass is 10.0. The summed E-state index contributed by atoms with van der Waals surface area (Å²) in [5.74, 6) is 0.322. The maximum Gasteiger partial charge on any atom is 0.249 e. The summed E-state index contributed by atoms with van der Waals surface area (Å²) in [6.07, 6.45) is 3.56. The van der Waals surface area contributed by atoms with Crippen molar-refractivity contribution in [3.8, 4) is 5.75 Å². The highest BCUT2D eigenvalue weighted by Gasteiger charge is 2.11. The number of nitrogens with one attached hydrogen (secondary N) is 2.